The molecule has 9 nitrogen and oxygen atoms in total. The summed E-state index contributed by atoms with van der Waals surface area (Å²) in [5.41, 5.74) is 1.80. The lowest BCUT2D eigenvalue weighted by Crippen LogP contribution is -2.36. The average Bonchev–Trinajstić information content (AvgIpc) is 3.01. The fourth-order valence-corrected chi connectivity index (χ4v) is 3.75. The molecule has 0 aromatic heterocycles. The van der Waals surface area contributed by atoms with Crippen molar-refractivity contribution >= 4 is 46.5 Å². The molecule has 3 rings (SSSR count). The van der Waals surface area contributed by atoms with Gasteiger partial charge in [0.2, 0.25) is 5.91 Å². The van der Waals surface area contributed by atoms with Crippen LogP contribution in [0.4, 0.5) is 10.5 Å². The van der Waals surface area contributed by atoms with E-state index in [4.69, 9.17) is 14.6 Å². The molecule has 0 atom stereocenters. The summed E-state index contributed by atoms with van der Waals surface area (Å²) in [6.07, 6.45) is 1.41. The van der Waals surface area contributed by atoms with Crippen molar-refractivity contribution in [2.75, 3.05) is 25.6 Å². The van der Waals surface area contributed by atoms with Gasteiger partial charge in [0, 0.05) is 11.3 Å². The number of carbonyl (C=O) groups excluding carboxylic acids is 3. The van der Waals surface area contributed by atoms with Gasteiger partial charge in [0.1, 0.15) is 6.54 Å². The number of aliphatic carboxylic acids is 1. The highest BCUT2D eigenvalue weighted by atomic mass is 32.2. The molecule has 0 unspecified atom stereocenters. The van der Waals surface area contributed by atoms with Gasteiger partial charge >= 0.3 is 5.97 Å². The summed E-state index contributed by atoms with van der Waals surface area (Å²) in [6.45, 7) is 0.787. The largest absolute Gasteiger partial charge is 0.493 e. The number of anilines is 1. The van der Waals surface area contributed by atoms with Gasteiger partial charge in [0.25, 0.3) is 11.1 Å². The Morgan fingerprint density at radius 1 is 1.16 bits per heavy atom. The summed E-state index contributed by atoms with van der Waals surface area (Å²) in [4.78, 5) is 49.4. The van der Waals surface area contributed by atoms with E-state index in [1.54, 1.807) is 30.3 Å². The molecule has 0 spiro atoms. The maximum atomic E-state index is 12.8. The molecule has 1 aliphatic rings. The lowest BCUT2D eigenvalue weighted by Gasteiger charge is -2.14. The molecule has 0 radical (unpaired) electrons. The van der Waals surface area contributed by atoms with Crippen LogP contribution in [0, 0.1) is 6.92 Å². The van der Waals surface area contributed by atoms with E-state index in [0.717, 1.165) is 10.5 Å². The van der Waals surface area contributed by atoms with Crippen LogP contribution in [-0.2, 0) is 14.4 Å². The van der Waals surface area contributed by atoms with Crippen molar-refractivity contribution in [3.63, 3.8) is 0 Å². The zero-order valence-electron chi connectivity index (χ0n) is 17.3. The monoisotopic (exact) mass is 456 g/mol. The predicted octanol–water partition coefficient (Wildman–Crippen LogP) is 3.14. The number of rotatable bonds is 8. The van der Waals surface area contributed by atoms with Gasteiger partial charge < -0.3 is 19.9 Å². The third-order valence-electron chi connectivity index (χ3n) is 4.45. The number of amides is 3. The standard InChI is InChI=1S/C22H20N2O7S/c1-13-6-3-4-8-15(13)23-18(25)11-24-21(28)17(32-22(24)29)10-14-7-5-9-16(30-2)20(14)31-12-19(26)27/h3-10H,11-12H2,1-2H3,(H,23,25)(H,26,27)/b17-10+. The number of nitrogens with zero attached hydrogens (tertiary/aromatic N) is 1. The number of ether oxygens (including phenoxy) is 2. The molecule has 1 aliphatic heterocycles. The minimum absolute atomic E-state index is 0.0760. The minimum atomic E-state index is -1.18. The summed E-state index contributed by atoms with van der Waals surface area (Å²) in [6, 6.07) is 12.0. The highest BCUT2D eigenvalue weighted by Crippen LogP contribution is 2.37. The number of carboxylic acid groups (broad SMARTS) is 1. The Labute approximate surface area is 188 Å². The molecule has 32 heavy (non-hydrogen) atoms. The number of hydrogen-bond acceptors (Lipinski definition) is 7. The Kier molecular flexibility index (Phi) is 7.16. The first-order valence-electron chi connectivity index (χ1n) is 9.42. The Balaban J connectivity index is 1.79. The summed E-state index contributed by atoms with van der Waals surface area (Å²) in [5.74, 6) is -1.91. The molecule has 166 valence electrons. The van der Waals surface area contributed by atoms with Crippen molar-refractivity contribution in [1.82, 2.24) is 4.90 Å². The van der Waals surface area contributed by atoms with E-state index in [1.165, 1.54) is 13.2 Å². The SMILES string of the molecule is COc1cccc(/C=C2/SC(=O)N(CC(=O)Nc3ccccc3C)C2=O)c1OCC(=O)O. The number of methoxy groups -OCH3 is 1. The van der Waals surface area contributed by atoms with Crippen molar-refractivity contribution in [2.24, 2.45) is 0 Å². The second kappa shape index (κ2) is 10.0. The Hall–Kier alpha value is -3.79. The van der Waals surface area contributed by atoms with Crippen LogP contribution in [0.1, 0.15) is 11.1 Å². The molecule has 0 saturated carbocycles. The first-order chi connectivity index (χ1) is 15.3. The quantitative estimate of drug-likeness (QED) is 0.581. The number of thioether (sulfide) groups is 1. The Morgan fingerprint density at radius 3 is 2.59 bits per heavy atom. The molecule has 10 heteroatoms. The van der Waals surface area contributed by atoms with Crippen LogP contribution in [0.3, 0.4) is 0 Å². The van der Waals surface area contributed by atoms with Crippen LogP contribution in [0.25, 0.3) is 6.08 Å². The lowest BCUT2D eigenvalue weighted by molar-refractivity contribution is -0.139. The van der Waals surface area contributed by atoms with E-state index < -0.39 is 36.2 Å². The van der Waals surface area contributed by atoms with Gasteiger partial charge in [-0.1, -0.05) is 30.3 Å². The minimum Gasteiger partial charge on any atom is -0.493 e. The molecule has 0 aliphatic carbocycles. The number of para-hydroxylation sites is 2. The molecule has 3 amide bonds. The van der Waals surface area contributed by atoms with Gasteiger partial charge in [-0.15, -0.1) is 0 Å². The summed E-state index contributed by atoms with van der Waals surface area (Å²) in [5, 5.41) is 11.0. The van der Waals surface area contributed by atoms with Crippen LogP contribution in [-0.4, -0.2) is 53.3 Å². The average molecular weight is 456 g/mol. The number of aryl methyl sites for hydroxylation is 1. The van der Waals surface area contributed by atoms with Crippen molar-refractivity contribution < 1.29 is 33.8 Å². The van der Waals surface area contributed by atoms with E-state index in [2.05, 4.69) is 5.32 Å². The zero-order valence-corrected chi connectivity index (χ0v) is 18.1. The molecular weight excluding hydrogens is 436 g/mol. The molecule has 0 bridgehead atoms. The third kappa shape index (κ3) is 5.27. The topological polar surface area (TPSA) is 122 Å². The number of hydrogen-bond donors (Lipinski definition) is 2. The van der Waals surface area contributed by atoms with E-state index in [1.807, 2.05) is 19.1 Å². The van der Waals surface area contributed by atoms with Crippen molar-refractivity contribution in [1.29, 1.82) is 0 Å². The van der Waals surface area contributed by atoms with Gasteiger partial charge in [-0.2, -0.15) is 0 Å². The predicted molar refractivity (Wildman–Crippen MR) is 119 cm³/mol. The number of nitrogens with one attached hydrogen (secondary N) is 1. The third-order valence-corrected chi connectivity index (χ3v) is 5.36. The molecule has 2 N–H and O–H groups in total. The van der Waals surface area contributed by atoms with Crippen LogP contribution >= 0.6 is 11.8 Å². The second-order valence-corrected chi connectivity index (χ2v) is 7.69. The highest BCUT2D eigenvalue weighted by Gasteiger charge is 2.36. The Bertz CT molecular complexity index is 1110. The fraction of sp³-hybridized carbons (Fsp3) is 0.182. The van der Waals surface area contributed by atoms with Crippen molar-refractivity contribution in [3.8, 4) is 11.5 Å². The van der Waals surface area contributed by atoms with Crippen LogP contribution in [0.15, 0.2) is 47.4 Å². The molecule has 2 aromatic rings. The maximum Gasteiger partial charge on any atom is 0.341 e. The van der Waals surface area contributed by atoms with Gasteiger partial charge in [0.15, 0.2) is 18.1 Å². The summed E-state index contributed by atoms with van der Waals surface area (Å²) < 4.78 is 10.5. The summed E-state index contributed by atoms with van der Waals surface area (Å²) >= 11 is 0.680. The lowest BCUT2D eigenvalue weighted by atomic mass is 10.1. The van der Waals surface area contributed by atoms with Crippen LogP contribution < -0.4 is 14.8 Å². The number of carboxylic acids is 1. The molecule has 1 fully saturated rings. The van der Waals surface area contributed by atoms with E-state index in [-0.39, 0.29) is 16.4 Å². The maximum absolute atomic E-state index is 12.8. The van der Waals surface area contributed by atoms with Gasteiger partial charge in [-0.25, -0.2) is 4.79 Å². The molecule has 1 saturated heterocycles. The fourth-order valence-electron chi connectivity index (χ4n) is 2.92. The summed E-state index contributed by atoms with van der Waals surface area (Å²) in [7, 11) is 1.40. The van der Waals surface area contributed by atoms with Gasteiger partial charge in [-0.05, 0) is 42.5 Å². The normalized spacial score (nSPS) is 14.6. The highest BCUT2D eigenvalue weighted by molar-refractivity contribution is 8.18. The molecular formula is C22H20N2O7S. The van der Waals surface area contributed by atoms with E-state index in [0.29, 0.717) is 23.0 Å². The molecule has 1 heterocycles. The second-order valence-electron chi connectivity index (χ2n) is 6.69. The van der Waals surface area contributed by atoms with Crippen LogP contribution in [0.2, 0.25) is 0 Å². The van der Waals surface area contributed by atoms with Crippen LogP contribution in [0.5, 0.6) is 11.5 Å². The van der Waals surface area contributed by atoms with Gasteiger partial charge in [0.05, 0.1) is 12.0 Å². The number of benzene rings is 2. The Morgan fingerprint density at radius 2 is 1.91 bits per heavy atom. The van der Waals surface area contributed by atoms with Crippen molar-refractivity contribution in [3.05, 3.63) is 58.5 Å². The first-order valence-corrected chi connectivity index (χ1v) is 10.2. The number of imide groups is 1. The van der Waals surface area contributed by atoms with Crippen molar-refractivity contribution in [2.45, 2.75) is 6.92 Å². The molecule has 2 aromatic carbocycles. The number of carbonyl (C=O) groups is 4. The van der Waals surface area contributed by atoms with Gasteiger partial charge in [-0.3, -0.25) is 19.3 Å². The zero-order chi connectivity index (χ0) is 23.3. The smallest absolute Gasteiger partial charge is 0.341 e. The first kappa shape index (κ1) is 22.9. The van der Waals surface area contributed by atoms with E-state index in [9.17, 15) is 19.2 Å². The van der Waals surface area contributed by atoms with E-state index >= 15 is 0 Å².